The molecule has 1 rings (SSSR count). The van der Waals surface area contributed by atoms with Crippen molar-refractivity contribution in [3.63, 3.8) is 0 Å². The average Bonchev–Trinajstić information content (AvgIpc) is 2.30. The van der Waals surface area contributed by atoms with Crippen molar-refractivity contribution in [3.05, 3.63) is 18.1 Å². The second kappa shape index (κ2) is 6.05. The lowest BCUT2D eigenvalue weighted by molar-refractivity contribution is 0.0757. The van der Waals surface area contributed by atoms with Crippen LogP contribution >= 0.6 is 0 Å². The molecule has 1 aromatic rings. The molecule has 0 saturated carbocycles. The number of aromatic nitrogens is 2. The summed E-state index contributed by atoms with van der Waals surface area (Å²) in [4.78, 5) is 21.6. The first-order valence-corrected chi connectivity index (χ1v) is 5.56. The van der Waals surface area contributed by atoms with Crippen LogP contribution in [0.15, 0.2) is 12.4 Å². The van der Waals surface area contributed by atoms with Crippen molar-refractivity contribution in [2.75, 3.05) is 18.8 Å². The van der Waals surface area contributed by atoms with E-state index < -0.39 is 0 Å². The molecule has 0 fully saturated rings. The van der Waals surface area contributed by atoms with Gasteiger partial charge in [-0.15, -0.1) is 0 Å². The summed E-state index contributed by atoms with van der Waals surface area (Å²) in [5.41, 5.74) is 5.87. The van der Waals surface area contributed by atoms with Gasteiger partial charge in [0.2, 0.25) is 0 Å². The van der Waals surface area contributed by atoms with Gasteiger partial charge in [0.15, 0.2) is 11.5 Å². The number of carbonyl (C=O) groups is 1. The maximum absolute atomic E-state index is 12.0. The van der Waals surface area contributed by atoms with Gasteiger partial charge in [-0.1, -0.05) is 13.3 Å². The Bertz CT molecular complexity index is 354. The van der Waals surface area contributed by atoms with Gasteiger partial charge >= 0.3 is 0 Å². The second-order valence-electron chi connectivity index (χ2n) is 3.53. The summed E-state index contributed by atoms with van der Waals surface area (Å²) >= 11 is 0. The van der Waals surface area contributed by atoms with Crippen LogP contribution in [0.3, 0.4) is 0 Å². The number of amides is 1. The molecular formula is C11H18N4O. The number of rotatable bonds is 5. The summed E-state index contributed by atoms with van der Waals surface area (Å²) in [6, 6.07) is 0. The lowest BCUT2D eigenvalue weighted by Crippen LogP contribution is -2.33. The van der Waals surface area contributed by atoms with Crippen LogP contribution in [0, 0.1) is 0 Å². The van der Waals surface area contributed by atoms with Crippen molar-refractivity contribution in [1.82, 2.24) is 14.9 Å². The van der Waals surface area contributed by atoms with Crippen molar-refractivity contribution in [1.29, 1.82) is 0 Å². The standard InChI is InChI=1S/C11H18N4O/c1-3-5-8-15(4-2)11(16)9-10(12)14-7-6-13-9/h6-7H,3-5,8H2,1-2H3,(H2,12,14). The van der Waals surface area contributed by atoms with E-state index in [2.05, 4.69) is 16.9 Å². The van der Waals surface area contributed by atoms with Crippen molar-refractivity contribution in [2.24, 2.45) is 0 Å². The maximum Gasteiger partial charge on any atom is 0.276 e. The molecule has 1 amide bonds. The van der Waals surface area contributed by atoms with Crippen LogP contribution in [-0.2, 0) is 0 Å². The molecule has 0 aromatic carbocycles. The van der Waals surface area contributed by atoms with Crippen LogP contribution in [0.4, 0.5) is 5.82 Å². The third-order valence-electron chi connectivity index (χ3n) is 2.38. The Morgan fingerprint density at radius 3 is 2.62 bits per heavy atom. The fourth-order valence-electron chi connectivity index (χ4n) is 1.42. The van der Waals surface area contributed by atoms with Crippen molar-refractivity contribution in [2.45, 2.75) is 26.7 Å². The lowest BCUT2D eigenvalue weighted by Gasteiger charge is -2.20. The molecule has 0 aliphatic carbocycles. The fraction of sp³-hybridized carbons (Fsp3) is 0.545. The highest BCUT2D eigenvalue weighted by molar-refractivity contribution is 5.96. The maximum atomic E-state index is 12.0. The third-order valence-corrected chi connectivity index (χ3v) is 2.38. The van der Waals surface area contributed by atoms with Gasteiger partial charge in [-0.3, -0.25) is 4.79 Å². The Morgan fingerprint density at radius 2 is 2.06 bits per heavy atom. The quantitative estimate of drug-likeness (QED) is 0.815. The van der Waals surface area contributed by atoms with E-state index in [-0.39, 0.29) is 17.4 Å². The molecule has 0 saturated heterocycles. The summed E-state index contributed by atoms with van der Waals surface area (Å²) in [5.74, 6) is 0.0593. The molecule has 0 radical (unpaired) electrons. The normalized spacial score (nSPS) is 10.1. The smallest absolute Gasteiger partial charge is 0.276 e. The van der Waals surface area contributed by atoms with Crippen LogP contribution in [0.2, 0.25) is 0 Å². The number of hydrogen-bond acceptors (Lipinski definition) is 4. The molecular weight excluding hydrogens is 204 g/mol. The first kappa shape index (κ1) is 12.4. The number of anilines is 1. The molecule has 1 heterocycles. The average molecular weight is 222 g/mol. The molecule has 0 atom stereocenters. The van der Waals surface area contributed by atoms with Crippen LogP contribution in [0.1, 0.15) is 37.2 Å². The highest BCUT2D eigenvalue weighted by Crippen LogP contribution is 2.08. The Labute approximate surface area is 95.7 Å². The Hall–Kier alpha value is -1.65. The zero-order chi connectivity index (χ0) is 12.0. The minimum absolute atomic E-state index is 0.137. The lowest BCUT2D eigenvalue weighted by atomic mass is 10.3. The highest BCUT2D eigenvalue weighted by atomic mass is 16.2. The number of unbranched alkanes of at least 4 members (excludes halogenated alkanes) is 1. The Morgan fingerprint density at radius 1 is 1.38 bits per heavy atom. The third kappa shape index (κ3) is 2.92. The number of nitrogen functional groups attached to an aromatic ring is 1. The zero-order valence-electron chi connectivity index (χ0n) is 9.81. The van der Waals surface area contributed by atoms with E-state index in [1.165, 1.54) is 12.4 Å². The van der Waals surface area contributed by atoms with Gasteiger partial charge in [-0.05, 0) is 13.3 Å². The van der Waals surface area contributed by atoms with Gasteiger partial charge in [0.05, 0.1) is 0 Å². The predicted molar refractivity (Wildman–Crippen MR) is 62.9 cm³/mol. The van der Waals surface area contributed by atoms with Crippen LogP contribution in [-0.4, -0.2) is 33.9 Å². The number of hydrogen-bond donors (Lipinski definition) is 1. The number of nitrogens with zero attached hydrogens (tertiary/aromatic N) is 3. The summed E-state index contributed by atoms with van der Waals surface area (Å²) in [6.07, 6.45) is 5.01. The molecule has 1 aromatic heterocycles. The molecule has 5 heteroatoms. The number of carbonyl (C=O) groups excluding carboxylic acids is 1. The predicted octanol–water partition coefficient (Wildman–Crippen LogP) is 1.32. The largest absolute Gasteiger partial charge is 0.382 e. The van der Waals surface area contributed by atoms with Gasteiger partial charge in [0, 0.05) is 25.5 Å². The van der Waals surface area contributed by atoms with E-state index in [0.29, 0.717) is 6.54 Å². The van der Waals surface area contributed by atoms with Crippen molar-refractivity contribution in [3.8, 4) is 0 Å². The summed E-state index contributed by atoms with van der Waals surface area (Å²) in [5, 5.41) is 0. The van der Waals surface area contributed by atoms with E-state index in [9.17, 15) is 4.79 Å². The van der Waals surface area contributed by atoms with Gasteiger partial charge in [-0.25, -0.2) is 9.97 Å². The molecule has 5 nitrogen and oxygen atoms in total. The van der Waals surface area contributed by atoms with Gasteiger partial charge < -0.3 is 10.6 Å². The fourth-order valence-corrected chi connectivity index (χ4v) is 1.42. The SMILES string of the molecule is CCCCN(CC)C(=O)c1nccnc1N. The van der Waals surface area contributed by atoms with Gasteiger partial charge in [0.1, 0.15) is 0 Å². The minimum Gasteiger partial charge on any atom is -0.382 e. The van der Waals surface area contributed by atoms with E-state index in [0.717, 1.165) is 19.4 Å². The summed E-state index contributed by atoms with van der Waals surface area (Å²) in [6.45, 7) is 5.44. The first-order valence-electron chi connectivity index (χ1n) is 5.56. The summed E-state index contributed by atoms with van der Waals surface area (Å²) < 4.78 is 0. The topological polar surface area (TPSA) is 72.1 Å². The van der Waals surface area contributed by atoms with Gasteiger partial charge in [0.25, 0.3) is 5.91 Å². The van der Waals surface area contributed by atoms with Crippen LogP contribution in [0.5, 0.6) is 0 Å². The van der Waals surface area contributed by atoms with Crippen molar-refractivity contribution >= 4 is 11.7 Å². The Balaban J connectivity index is 2.79. The second-order valence-corrected chi connectivity index (χ2v) is 3.53. The highest BCUT2D eigenvalue weighted by Gasteiger charge is 2.17. The molecule has 0 aliphatic heterocycles. The van der Waals surface area contributed by atoms with E-state index >= 15 is 0 Å². The first-order chi connectivity index (χ1) is 7.70. The molecule has 0 unspecified atom stereocenters. The molecule has 0 bridgehead atoms. The van der Waals surface area contributed by atoms with Crippen LogP contribution < -0.4 is 5.73 Å². The Kier molecular flexibility index (Phi) is 4.69. The molecule has 16 heavy (non-hydrogen) atoms. The van der Waals surface area contributed by atoms with E-state index in [4.69, 9.17) is 5.73 Å². The summed E-state index contributed by atoms with van der Waals surface area (Å²) in [7, 11) is 0. The molecule has 2 N–H and O–H groups in total. The number of nitrogens with two attached hydrogens (primary N) is 1. The zero-order valence-corrected chi connectivity index (χ0v) is 9.81. The van der Waals surface area contributed by atoms with Crippen molar-refractivity contribution < 1.29 is 4.79 Å². The van der Waals surface area contributed by atoms with E-state index in [1.54, 1.807) is 4.90 Å². The minimum atomic E-state index is -0.137. The monoisotopic (exact) mass is 222 g/mol. The molecule has 0 spiro atoms. The van der Waals surface area contributed by atoms with Gasteiger partial charge in [-0.2, -0.15) is 0 Å². The molecule has 88 valence electrons. The van der Waals surface area contributed by atoms with E-state index in [1.807, 2.05) is 6.92 Å². The van der Waals surface area contributed by atoms with Crippen LogP contribution in [0.25, 0.3) is 0 Å². The molecule has 0 aliphatic rings.